The maximum atomic E-state index is 5.95. The third-order valence-electron chi connectivity index (χ3n) is 4.05. The van der Waals surface area contributed by atoms with Gasteiger partial charge in [0.25, 0.3) is 0 Å². The van der Waals surface area contributed by atoms with E-state index in [1.165, 1.54) is 25.7 Å². The zero-order valence-electron chi connectivity index (χ0n) is 10.9. The molecule has 1 aliphatic carbocycles. The first-order valence-electron chi connectivity index (χ1n) is 6.44. The lowest BCUT2D eigenvalue weighted by molar-refractivity contribution is 0.116. The van der Waals surface area contributed by atoms with Crippen LogP contribution in [-0.2, 0) is 0 Å². The third-order valence-corrected chi connectivity index (χ3v) is 4.05. The van der Waals surface area contributed by atoms with Crippen molar-refractivity contribution in [3.63, 3.8) is 0 Å². The number of nitrogens with two attached hydrogens (primary N) is 1. The van der Waals surface area contributed by atoms with Crippen LogP contribution in [0.2, 0.25) is 0 Å². The molecular formula is C13H28N2. The molecule has 0 bridgehead atoms. The molecule has 1 rings (SSSR count). The number of nitrogens with zero attached hydrogens (tertiary/aromatic N) is 1. The first kappa shape index (κ1) is 13.0. The second-order valence-electron chi connectivity index (χ2n) is 5.64. The third kappa shape index (κ3) is 3.18. The van der Waals surface area contributed by atoms with E-state index < -0.39 is 0 Å². The summed E-state index contributed by atoms with van der Waals surface area (Å²) in [5.41, 5.74) is 5.95. The van der Waals surface area contributed by atoms with Crippen LogP contribution in [0.3, 0.4) is 0 Å². The predicted molar refractivity (Wildman–Crippen MR) is 66.8 cm³/mol. The topological polar surface area (TPSA) is 29.3 Å². The smallest absolute Gasteiger partial charge is 0.0160 e. The summed E-state index contributed by atoms with van der Waals surface area (Å²) in [7, 11) is 4.43. The first-order valence-corrected chi connectivity index (χ1v) is 6.44. The summed E-state index contributed by atoms with van der Waals surface area (Å²) < 4.78 is 0. The Morgan fingerprint density at radius 3 is 2.07 bits per heavy atom. The number of hydrogen-bond acceptors (Lipinski definition) is 2. The fourth-order valence-corrected chi connectivity index (χ4v) is 3.26. The SMILES string of the molecule is CC(C)C(CN)C(C1CCCC1)N(C)C. The Bertz CT molecular complexity index is 171. The second-order valence-corrected chi connectivity index (χ2v) is 5.64. The van der Waals surface area contributed by atoms with Crippen LogP contribution in [0.4, 0.5) is 0 Å². The summed E-state index contributed by atoms with van der Waals surface area (Å²) in [6.07, 6.45) is 5.66. The van der Waals surface area contributed by atoms with E-state index in [1.54, 1.807) is 0 Å². The highest BCUT2D eigenvalue weighted by atomic mass is 15.1. The Balaban J connectivity index is 2.70. The highest BCUT2D eigenvalue weighted by molar-refractivity contribution is 4.87. The highest BCUT2D eigenvalue weighted by Crippen LogP contribution is 2.34. The minimum absolute atomic E-state index is 0.656. The molecule has 0 radical (unpaired) electrons. The molecule has 0 saturated heterocycles. The van der Waals surface area contributed by atoms with Crippen LogP contribution in [0.25, 0.3) is 0 Å². The van der Waals surface area contributed by atoms with Gasteiger partial charge in [-0.3, -0.25) is 0 Å². The lowest BCUT2D eigenvalue weighted by atomic mass is 9.80. The average molecular weight is 212 g/mol. The van der Waals surface area contributed by atoms with Crippen molar-refractivity contribution in [2.45, 2.75) is 45.6 Å². The molecule has 0 heterocycles. The van der Waals surface area contributed by atoms with Crippen molar-refractivity contribution >= 4 is 0 Å². The molecule has 2 N–H and O–H groups in total. The second kappa shape index (κ2) is 5.86. The van der Waals surface area contributed by atoms with Crippen LogP contribution in [0, 0.1) is 17.8 Å². The molecule has 15 heavy (non-hydrogen) atoms. The van der Waals surface area contributed by atoms with Crippen LogP contribution in [0.1, 0.15) is 39.5 Å². The minimum atomic E-state index is 0.656. The van der Waals surface area contributed by atoms with Crippen LogP contribution in [-0.4, -0.2) is 31.6 Å². The minimum Gasteiger partial charge on any atom is -0.330 e. The van der Waals surface area contributed by atoms with Crippen molar-refractivity contribution in [3.8, 4) is 0 Å². The zero-order valence-corrected chi connectivity index (χ0v) is 10.9. The van der Waals surface area contributed by atoms with Crippen molar-refractivity contribution in [2.75, 3.05) is 20.6 Å². The first-order chi connectivity index (χ1) is 7.07. The van der Waals surface area contributed by atoms with Crippen LogP contribution >= 0.6 is 0 Å². The summed E-state index contributed by atoms with van der Waals surface area (Å²) in [6, 6.07) is 0.692. The van der Waals surface area contributed by atoms with Gasteiger partial charge in [0.2, 0.25) is 0 Å². The van der Waals surface area contributed by atoms with E-state index in [-0.39, 0.29) is 0 Å². The van der Waals surface area contributed by atoms with E-state index in [1.807, 2.05) is 0 Å². The molecule has 2 atom stereocenters. The van der Waals surface area contributed by atoms with Crippen molar-refractivity contribution < 1.29 is 0 Å². The van der Waals surface area contributed by atoms with Crippen LogP contribution in [0.15, 0.2) is 0 Å². The number of hydrogen-bond donors (Lipinski definition) is 1. The van der Waals surface area contributed by atoms with E-state index in [0.29, 0.717) is 17.9 Å². The van der Waals surface area contributed by atoms with Gasteiger partial charge in [-0.15, -0.1) is 0 Å². The van der Waals surface area contributed by atoms with Gasteiger partial charge in [0, 0.05) is 6.04 Å². The highest BCUT2D eigenvalue weighted by Gasteiger charge is 2.33. The van der Waals surface area contributed by atoms with Crippen LogP contribution < -0.4 is 5.73 Å². The molecule has 0 aliphatic heterocycles. The molecule has 0 aromatic heterocycles. The molecule has 2 heteroatoms. The average Bonchev–Trinajstić information content (AvgIpc) is 2.64. The standard InChI is InChI=1S/C13H28N2/c1-10(2)12(9-14)13(15(3)4)11-7-5-6-8-11/h10-13H,5-9,14H2,1-4H3. The van der Waals surface area contributed by atoms with E-state index in [2.05, 4.69) is 32.8 Å². The molecule has 2 unspecified atom stereocenters. The Morgan fingerprint density at radius 1 is 1.20 bits per heavy atom. The quantitative estimate of drug-likeness (QED) is 0.758. The maximum absolute atomic E-state index is 5.95. The molecule has 2 nitrogen and oxygen atoms in total. The fourth-order valence-electron chi connectivity index (χ4n) is 3.26. The Morgan fingerprint density at radius 2 is 1.73 bits per heavy atom. The van der Waals surface area contributed by atoms with Crippen LogP contribution in [0.5, 0.6) is 0 Å². The van der Waals surface area contributed by atoms with Crippen molar-refractivity contribution in [1.29, 1.82) is 0 Å². The lowest BCUT2D eigenvalue weighted by Crippen LogP contribution is -2.45. The van der Waals surface area contributed by atoms with Gasteiger partial charge in [-0.2, -0.15) is 0 Å². The van der Waals surface area contributed by atoms with Gasteiger partial charge in [0.05, 0.1) is 0 Å². The van der Waals surface area contributed by atoms with Gasteiger partial charge >= 0.3 is 0 Å². The number of rotatable bonds is 5. The lowest BCUT2D eigenvalue weighted by Gasteiger charge is -2.38. The van der Waals surface area contributed by atoms with Gasteiger partial charge in [-0.1, -0.05) is 26.7 Å². The van der Waals surface area contributed by atoms with E-state index in [9.17, 15) is 0 Å². The van der Waals surface area contributed by atoms with E-state index >= 15 is 0 Å². The van der Waals surface area contributed by atoms with Crippen molar-refractivity contribution in [1.82, 2.24) is 4.90 Å². The molecule has 1 saturated carbocycles. The van der Waals surface area contributed by atoms with Gasteiger partial charge in [0.15, 0.2) is 0 Å². The normalized spacial score (nSPS) is 22.6. The molecule has 0 spiro atoms. The zero-order chi connectivity index (χ0) is 11.4. The molecule has 0 aromatic rings. The van der Waals surface area contributed by atoms with E-state index in [4.69, 9.17) is 5.73 Å². The van der Waals surface area contributed by atoms with Gasteiger partial charge in [-0.25, -0.2) is 0 Å². The Kier molecular flexibility index (Phi) is 5.07. The van der Waals surface area contributed by atoms with E-state index in [0.717, 1.165) is 12.5 Å². The summed E-state index contributed by atoms with van der Waals surface area (Å²) >= 11 is 0. The summed E-state index contributed by atoms with van der Waals surface area (Å²) in [6.45, 7) is 5.45. The van der Waals surface area contributed by atoms with Gasteiger partial charge in [0.1, 0.15) is 0 Å². The molecule has 0 amide bonds. The van der Waals surface area contributed by atoms with Crippen molar-refractivity contribution in [2.24, 2.45) is 23.5 Å². The van der Waals surface area contributed by atoms with Crippen molar-refractivity contribution in [3.05, 3.63) is 0 Å². The predicted octanol–water partition coefficient (Wildman–Crippen LogP) is 2.34. The summed E-state index contributed by atoms with van der Waals surface area (Å²) in [5.74, 6) is 2.24. The van der Waals surface area contributed by atoms with Gasteiger partial charge in [-0.05, 0) is 51.2 Å². The monoisotopic (exact) mass is 212 g/mol. The molecule has 1 fully saturated rings. The summed E-state index contributed by atoms with van der Waals surface area (Å²) in [4.78, 5) is 2.41. The maximum Gasteiger partial charge on any atom is 0.0160 e. The summed E-state index contributed by atoms with van der Waals surface area (Å²) in [5, 5.41) is 0. The van der Waals surface area contributed by atoms with Gasteiger partial charge < -0.3 is 10.6 Å². The Labute approximate surface area is 95.2 Å². The molecule has 1 aliphatic rings. The molecule has 0 aromatic carbocycles. The Hall–Kier alpha value is -0.0800. The largest absolute Gasteiger partial charge is 0.330 e. The molecule has 90 valence electrons. The fraction of sp³-hybridized carbons (Fsp3) is 1.00. The molecular weight excluding hydrogens is 184 g/mol.